The van der Waals surface area contributed by atoms with Crippen molar-refractivity contribution in [1.82, 2.24) is 9.80 Å². The number of methoxy groups -OCH3 is 1. The number of para-hydroxylation sites is 2. The van der Waals surface area contributed by atoms with Crippen molar-refractivity contribution in [1.29, 1.82) is 0 Å². The number of ether oxygens (including phenoxy) is 1. The second kappa shape index (κ2) is 7.81. The molecule has 2 rings (SSSR count). The van der Waals surface area contributed by atoms with Crippen LogP contribution in [-0.4, -0.2) is 67.4 Å². The molecule has 7 heteroatoms. The highest BCUT2D eigenvalue weighted by Gasteiger charge is 2.26. The third-order valence-corrected chi connectivity index (χ3v) is 4.13. The maximum absolute atomic E-state index is 12.6. The topological polar surface area (TPSA) is 70.2 Å². The predicted molar refractivity (Wildman–Crippen MR) is 89.9 cm³/mol. The lowest BCUT2D eigenvalue weighted by Gasteiger charge is -2.35. The number of carbonyl (C=O) groups excluding carboxylic acids is 3. The molecule has 1 heterocycles. The summed E-state index contributed by atoms with van der Waals surface area (Å²) in [5, 5.41) is 0. The van der Waals surface area contributed by atoms with Crippen molar-refractivity contribution in [3.05, 3.63) is 24.3 Å². The summed E-state index contributed by atoms with van der Waals surface area (Å²) in [6.45, 7) is 4.91. The van der Waals surface area contributed by atoms with Gasteiger partial charge < -0.3 is 14.5 Å². The molecule has 0 unspecified atom stereocenters. The minimum Gasteiger partial charge on any atom is -0.495 e. The van der Waals surface area contributed by atoms with Gasteiger partial charge in [-0.05, 0) is 12.1 Å². The number of hydrogen-bond acceptors (Lipinski definition) is 4. The van der Waals surface area contributed by atoms with Crippen LogP contribution in [0.5, 0.6) is 5.75 Å². The number of piperazine rings is 1. The number of rotatable bonds is 4. The van der Waals surface area contributed by atoms with Crippen LogP contribution in [-0.2, 0) is 14.4 Å². The first-order chi connectivity index (χ1) is 11.4. The number of anilines is 1. The average Bonchev–Trinajstić information content (AvgIpc) is 2.59. The molecule has 0 aliphatic carbocycles. The summed E-state index contributed by atoms with van der Waals surface area (Å²) in [7, 11) is 1.53. The molecule has 7 nitrogen and oxygen atoms in total. The van der Waals surface area contributed by atoms with Crippen LogP contribution in [0.25, 0.3) is 0 Å². The molecule has 1 aliphatic rings. The first-order valence-electron chi connectivity index (χ1n) is 7.88. The first kappa shape index (κ1) is 17.8. The Balaban J connectivity index is 2.07. The maximum atomic E-state index is 12.6. The number of hydrogen-bond donors (Lipinski definition) is 0. The number of carbonyl (C=O) groups is 3. The molecule has 130 valence electrons. The summed E-state index contributed by atoms with van der Waals surface area (Å²) in [5.74, 6) is 0.193. The van der Waals surface area contributed by atoms with E-state index in [0.29, 0.717) is 37.6 Å². The summed E-state index contributed by atoms with van der Waals surface area (Å²) < 4.78 is 5.28. The zero-order chi connectivity index (χ0) is 17.7. The van der Waals surface area contributed by atoms with Crippen LogP contribution in [0.2, 0.25) is 0 Å². The molecule has 1 saturated heterocycles. The van der Waals surface area contributed by atoms with Crippen molar-refractivity contribution in [3.63, 3.8) is 0 Å². The summed E-state index contributed by atoms with van der Waals surface area (Å²) in [6.07, 6.45) is 0. The molecule has 1 aromatic rings. The van der Waals surface area contributed by atoms with Gasteiger partial charge in [0.15, 0.2) is 0 Å². The number of amides is 3. The van der Waals surface area contributed by atoms with Crippen LogP contribution in [0.1, 0.15) is 13.8 Å². The highest BCUT2D eigenvalue weighted by Crippen LogP contribution is 2.27. The van der Waals surface area contributed by atoms with E-state index < -0.39 is 0 Å². The highest BCUT2D eigenvalue weighted by atomic mass is 16.5. The van der Waals surface area contributed by atoms with E-state index in [1.54, 1.807) is 28.0 Å². The van der Waals surface area contributed by atoms with E-state index in [0.717, 1.165) is 0 Å². The molecule has 24 heavy (non-hydrogen) atoms. The second-order valence-corrected chi connectivity index (χ2v) is 5.66. The smallest absolute Gasteiger partial charge is 0.242 e. The van der Waals surface area contributed by atoms with Crippen LogP contribution in [0.15, 0.2) is 24.3 Å². The maximum Gasteiger partial charge on any atom is 0.242 e. The zero-order valence-corrected chi connectivity index (χ0v) is 14.3. The normalized spacial score (nSPS) is 14.3. The molecule has 1 fully saturated rings. The van der Waals surface area contributed by atoms with Gasteiger partial charge in [-0.3, -0.25) is 19.3 Å². The van der Waals surface area contributed by atoms with Crippen molar-refractivity contribution in [2.45, 2.75) is 13.8 Å². The Labute approximate surface area is 141 Å². The van der Waals surface area contributed by atoms with Crippen molar-refractivity contribution in [2.24, 2.45) is 0 Å². The molecule has 3 amide bonds. The monoisotopic (exact) mass is 333 g/mol. The predicted octanol–water partition coefficient (Wildman–Crippen LogP) is 0.739. The van der Waals surface area contributed by atoms with Crippen molar-refractivity contribution < 1.29 is 19.1 Å². The third-order valence-electron chi connectivity index (χ3n) is 4.13. The van der Waals surface area contributed by atoms with E-state index in [-0.39, 0.29) is 24.3 Å². The van der Waals surface area contributed by atoms with Gasteiger partial charge in [0.05, 0.1) is 12.8 Å². The summed E-state index contributed by atoms with van der Waals surface area (Å²) in [6, 6.07) is 7.11. The SMILES string of the molecule is COc1ccccc1N(CC(=O)N1CCN(C(C)=O)CC1)C(C)=O. The van der Waals surface area contributed by atoms with Gasteiger partial charge in [-0.2, -0.15) is 0 Å². The lowest BCUT2D eigenvalue weighted by Crippen LogP contribution is -2.52. The molecule has 1 aromatic carbocycles. The highest BCUT2D eigenvalue weighted by molar-refractivity contribution is 5.98. The molecular weight excluding hydrogens is 310 g/mol. The van der Waals surface area contributed by atoms with E-state index in [1.165, 1.54) is 25.9 Å². The Bertz CT molecular complexity index is 624. The van der Waals surface area contributed by atoms with Crippen LogP contribution in [0.4, 0.5) is 5.69 Å². The van der Waals surface area contributed by atoms with Crippen LogP contribution < -0.4 is 9.64 Å². The van der Waals surface area contributed by atoms with Crippen LogP contribution in [0.3, 0.4) is 0 Å². The Kier molecular flexibility index (Phi) is 5.78. The van der Waals surface area contributed by atoms with Crippen molar-refractivity contribution in [2.75, 3.05) is 44.7 Å². The van der Waals surface area contributed by atoms with E-state index >= 15 is 0 Å². The minimum absolute atomic E-state index is 0.0153. The van der Waals surface area contributed by atoms with Gasteiger partial charge in [0.2, 0.25) is 17.7 Å². The molecule has 0 radical (unpaired) electrons. The molecule has 0 atom stereocenters. The van der Waals surface area contributed by atoms with Gasteiger partial charge in [0.1, 0.15) is 12.3 Å². The summed E-state index contributed by atoms with van der Waals surface area (Å²) in [4.78, 5) is 40.7. The zero-order valence-electron chi connectivity index (χ0n) is 14.3. The van der Waals surface area contributed by atoms with Gasteiger partial charge in [0, 0.05) is 40.0 Å². The second-order valence-electron chi connectivity index (χ2n) is 5.66. The molecule has 0 spiro atoms. The quantitative estimate of drug-likeness (QED) is 0.815. The fourth-order valence-electron chi connectivity index (χ4n) is 2.72. The molecule has 0 saturated carbocycles. The van der Waals surface area contributed by atoms with E-state index in [2.05, 4.69) is 0 Å². The summed E-state index contributed by atoms with van der Waals surface area (Å²) >= 11 is 0. The Morgan fingerprint density at radius 3 is 2.17 bits per heavy atom. The molecule has 0 bridgehead atoms. The fraction of sp³-hybridized carbons (Fsp3) is 0.471. The van der Waals surface area contributed by atoms with E-state index in [9.17, 15) is 14.4 Å². The van der Waals surface area contributed by atoms with Gasteiger partial charge in [-0.15, -0.1) is 0 Å². The molecule has 0 N–H and O–H groups in total. The summed E-state index contributed by atoms with van der Waals surface area (Å²) in [5.41, 5.74) is 0.572. The Hall–Kier alpha value is -2.57. The standard InChI is InChI=1S/C17H23N3O4/c1-13(21)18-8-10-19(11-9-18)17(23)12-20(14(2)22)15-6-4-5-7-16(15)24-3/h4-7H,8-12H2,1-3H3. The van der Waals surface area contributed by atoms with Gasteiger partial charge in [-0.25, -0.2) is 0 Å². The molecule has 0 aromatic heterocycles. The molecule has 1 aliphatic heterocycles. The van der Waals surface area contributed by atoms with E-state index in [1.807, 2.05) is 6.07 Å². The van der Waals surface area contributed by atoms with Gasteiger partial charge in [0.25, 0.3) is 0 Å². The lowest BCUT2D eigenvalue weighted by molar-refractivity contribution is -0.137. The Morgan fingerprint density at radius 2 is 1.62 bits per heavy atom. The molecular formula is C17H23N3O4. The Morgan fingerprint density at radius 1 is 1.04 bits per heavy atom. The van der Waals surface area contributed by atoms with Gasteiger partial charge in [-0.1, -0.05) is 12.1 Å². The van der Waals surface area contributed by atoms with Crippen molar-refractivity contribution >= 4 is 23.4 Å². The lowest BCUT2D eigenvalue weighted by atomic mass is 10.2. The van der Waals surface area contributed by atoms with Crippen LogP contribution >= 0.6 is 0 Å². The van der Waals surface area contributed by atoms with Gasteiger partial charge >= 0.3 is 0 Å². The van der Waals surface area contributed by atoms with E-state index in [4.69, 9.17) is 4.74 Å². The largest absolute Gasteiger partial charge is 0.495 e. The third kappa shape index (κ3) is 4.04. The average molecular weight is 333 g/mol. The first-order valence-corrected chi connectivity index (χ1v) is 7.88. The van der Waals surface area contributed by atoms with Crippen LogP contribution in [0, 0.1) is 0 Å². The number of benzene rings is 1. The van der Waals surface area contributed by atoms with Crippen molar-refractivity contribution in [3.8, 4) is 5.75 Å². The number of nitrogens with zero attached hydrogens (tertiary/aromatic N) is 3. The fourth-order valence-corrected chi connectivity index (χ4v) is 2.72. The minimum atomic E-state index is -0.227.